The van der Waals surface area contributed by atoms with Gasteiger partial charge in [0.25, 0.3) is 5.91 Å². The lowest BCUT2D eigenvalue weighted by Gasteiger charge is -2.29. The summed E-state index contributed by atoms with van der Waals surface area (Å²) in [5, 5.41) is 16.3. The Balaban J connectivity index is 1.61. The van der Waals surface area contributed by atoms with Crippen molar-refractivity contribution < 1.29 is 27.8 Å². The van der Waals surface area contributed by atoms with Gasteiger partial charge in [-0.15, -0.1) is 0 Å². The highest BCUT2D eigenvalue weighted by molar-refractivity contribution is 5.97. The summed E-state index contributed by atoms with van der Waals surface area (Å²) in [5.74, 6) is -0.124. The number of aliphatic hydroxyl groups excluding tert-OH is 1. The zero-order valence-electron chi connectivity index (χ0n) is 17.1. The van der Waals surface area contributed by atoms with Crippen LogP contribution in [0.3, 0.4) is 0 Å². The van der Waals surface area contributed by atoms with E-state index in [0.29, 0.717) is 44.5 Å². The first-order valence-electron chi connectivity index (χ1n) is 10.5. The monoisotopic (exact) mass is 443 g/mol. The van der Waals surface area contributed by atoms with Gasteiger partial charge in [0.05, 0.1) is 12.2 Å². The SMILES string of the molecule is NC(=O)c1cnc(N[C@H]2CC[C@H](OCC(F)(F)F)CC2)nc1NC1=CCCC[C@H](O)C1. The van der Waals surface area contributed by atoms with Crippen molar-refractivity contribution in [1.82, 2.24) is 9.97 Å². The number of ether oxygens (including phenoxy) is 1. The smallest absolute Gasteiger partial charge is 0.393 e. The van der Waals surface area contributed by atoms with Crippen LogP contribution in [0.15, 0.2) is 18.0 Å². The molecule has 1 atom stereocenters. The molecule has 31 heavy (non-hydrogen) atoms. The molecule has 1 aromatic heterocycles. The molecule has 0 aliphatic heterocycles. The first-order chi connectivity index (χ1) is 14.7. The van der Waals surface area contributed by atoms with E-state index >= 15 is 0 Å². The van der Waals surface area contributed by atoms with Crippen LogP contribution in [0.4, 0.5) is 24.9 Å². The third-order valence-corrected chi connectivity index (χ3v) is 5.41. The number of halogens is 3. The van der Waals surface area contributed by atoms with Gasteiger partial charge in [0.2, 0.25) is 5.95 Å². The molecule has 0 bridgehead atoms. The van der Waals surface area contributed by atoms with Gasteiger partial charge in [-0.05, 0) is 44.9 Å². The van der Waals surface area contributed by atoms with Crippen LogP contribution in [-0.2, 0) is 4.74 Å². The molecule has 0 saturated heterocycles. The van der Waals surface area contributed by atoms with Crippen LogP contribution >= 0.6 is 0 Å². The van der Waals surface area contributed by atoms with Crippen LogP contribution in [-0.4, -0.2) is 52.0 Å². The van der Waals surface area contributed by atoms with E-state index in [9.17, 15) is 23.1 Å². The molecule has 1 aromatic rings. The van der Waals surface area contributed by atoms with Crippen LogP contribution in [0, 0.1) is 0 Å². The highest BCUT2D eigenvalue weighted by Crippen LogP contribution is 2.27. The number of alkyl halides is 3. The van der Waals surface area contributed by atoms with Gasteiger partial charge in [0, 0.05) is 24.4 Å². The number of carbonyl (C=O) groups is 1. The number of hydrogen-bond donors (Lipinski definition) is 4. The average Bonchev–Trinajstić information content (AvgIpc) is 2.90. The van der Waals surface area contributed by atoms with Crippen molar-refractivity contribution in [1.29, 1.82) is 0 Å². The maximum absolute atomic E-state index is 12.3. The van der Waals surface area contributed by atoms with Crippen molar-refractivity contribution in [2.24, 2.45) is 5.73 Å². The minimum Gasteiger partial charge on any atom is -0.393 e. The molecular weight excluding hydrogens is 415 g/mol. The summed E-state index contributed by atoms with van der Waals surface area (Å²) in [6, 6.07) is -0.0167. The number of nitrogens with one attached hydrogen (secondary N) is 2. The van der Waals surface area contributed by atoms with Gasteiger partial charge in [0.1, 0.15) is 18.0 Å². The average molecular weight is 443 g/mol. The molecule has 2 aliphatic rings. The molecule has 1 saturated carbocycles. The lowest BCUT2D eigenvalue weighted by molar-refractivity contribution is -0.187. The Morgan fingerprint density at radius 3 is 2.68 bits per heavy atom. The number of nitrogens with zero attached hydrogens (tertiary/aromatic N) is 2. The Bertz CT molecular complexity index is 795. The molecule has 3 rings (SSSR count). The predicted molar refractivity (Wildman–Crippen MR) is 108 cm³/mol. The molecule has 0 aromatic carbocycles. The molecule has 1 amide bonds. The molecule has 0 unspecified atom stereocenters. The number of carbonyl (C=O) groups excluding carboxylic acids is 1. The van der Waals surface area contributed by atoms with Gasteiger partial charge in [0.15, 0.2) is 0 Å². The van der Waals surface area contributed by atoms with Crippen LogP contribution in [0.2, 0.25) is 0 Å². The van der Waals surface area contributed by atoms with E-state index in [1.54, 1.807) is 0 Å². The van der Waals surface area contributed by atoms with Crippen LogP contribution < -0.4 is 16.4 Å². The van der Waals surface area contributed by atoms with Crippen molar-refractivity contribution in [3.8, 4) is 0 Å². The summed E-state index contributed by atoms with van der Waals surface area (Å²) < 4.78 is 41.8. The van der Waals surface area contributed by atoms with E-state index in [0.717, 1.165) is 18.5 Å². The Kier molecular flexibility index (Phi) is 7.71. The maximum Gasteiger partial charge on any atom is 0.411 e. The summed E-state index contributed by atoms with van der Waals surface area (Å²) >= 11 is 0. The third-order valence-electron chi connectivity index (χ3n) is 5.41. The summed E-state index contributed by atoms with van der Waals surface area (Å²) in [5.41, 5.74) is 6.34. The highest BCUT2D eigenvalue weighted by atomic mass is 19.4. The second-order valence-corrected chi connectivity index (χ2v) is 8.01. The van der Waals surface area contributed by atoms with Gasteiger partial charge < -0.3 is 26.2 Å². The molecule has 1 fully saturated rings. The highest BCUT2D eigenvalue weighted by Gasteiger charge is 2.31. The fourth-order valence-electron chi connectivity index (χ4n) is 3.82. The quantitative estimate of drug-likeness (QED) is 0.511. The van der Waals surface area contributed by atoms with Gasteiger partial charge in [-0.25, -0.2) is 4.98 Å². The zero-order chi connectivity index (χ0) is 22.4. The summed E-state index contributed by atoms with van der Waals surface area (Å²) in [6.07, 6.45) is 3.16. The zero-order valence-corrected chi connectivity index (χ0v) is 17.1. The third kappa shape index (κ3) is 7.35. The second-order valence-electron chi connectivity index (χ2n) is 8.01. The first-order valence-corrected chi connectivity index (χ1v) is 10.5. The lowest BCUT2D eigenvalue weighted by atomic mass is 9.93. The van der Waals surface area contributed by atoms with Crippen molar-refractivity contribution in [3.05, 3.63) is 23.5 Å². The molecule has 5 N–H and O–H groups in total. The fraction of sp³-hybridized carbons (Fsp3) is 0.650. The number of amides is 1. The summed E-state index contributed by atoms with van der Waals surface area (Å²) in [7, 11) is 0. The number of anilines is 2. The molecular formula is C20H28F3N5O3. The van der Waals surface area contributed by atoms with Crippen LogP contribution in [0.5, 0.6) is 0 Å². The number of nitrogens with two attached hydrogens (primary N) is 1. The standard InChI is InChI=1S/C20H28F3N5O3/c21-20(22,23)11-31-15-7-5-12(6-8-15)27-19-25-10-16(17(24)30)18(28-19)26-13-3-1-2-4-14(29)9-13/h3,10,12,14-15,29H,1-2,4-9,11H2,(H2,24,30)(H2,25,26,27,28)/t12-,14-,15-/m0/s1. The number of aromatic nitrogens is 2. The van der Waals surface area contributed by atoms with Crippen LogP contribution in [0.25, 0.3) is 0 Å². The topological polar surface area (TPSA) is 122 Å². The Morgan fingerprint density at radius 1 is 1.26 bits per heavy atom. The van der Waals surface area contributed by atoms with Crippen molar-refractivity contribution >= 4 is 17.7 Å². The Morgan fingerprint density at radius 2 is 2.00 bits per heavy atom. The van der Waals surface area contributed by atoms with E-state index < -0.39 is 30.9 Å². The maximum atomic E-state index is 12.3. The number of hydrogen-bond acceptors (Lipinski definition) is 7. The van der Waals surface area contributed by atoms with Crippen molar-refractivity contribution in [3.63, 3.8) is 0 Å². The molecule has 0 radical (unpaired) electrons. The molecule has 8 nitrogen and oxygen atoms in total. The number of aliphatic hydroxyl groups is 1. The molecule has 2 aliphatic carbocycles. The summed E-state index contributed by atoms with van der Waals surface area (Å²) in [4.78, 5) is 20.3. The second kappa shape index (κ2) is 10.3. The minimum atomic E-state index is -4.32. The number of allylic oxidation sites excluding steroid dienone is 1. The minimum absolute atomic E-state index is 0.0167. The normalized spacial score (nSPS) is 24.8. The number of rotatable bonds is 7. The fourth-order valence-corrected chi connectivity index (χ4v) is 3.82. The Hall–Kier alpha value is -2.40. The largest absolute Gasteiger partial charge is 0.411 e. The van der Waals surface area contributed by atoms with Gasteiger partial charge in [-0.2, -0.15) is 18.2 Å². The van der Waals surface area contributed by atoms with Gasteiger partial charge >= 0.3 is 6.18 Å². The molecule has 11 heteroatoms. The first kappa shape index (κ1) is 23.3. The van der Waals surface area contributed by atoms with Crippen molar-refractivity contribution in [2.75, 3.05) is 17.2 Å². The van der Waals surface area contributed by atoms with Crippen LogP contribution in [0.1, 0.15) is 61.7 Å². The number of primary amides is 1. The lowest BCUT2D eigenvalue weighted by Crippen LogP contribution is -2.32. The van der Waals surface area contributed by atoms with E-state index in [4.69, 9.17) is 10.5 Å². The van der Waals surface area contributed by atoms with E-state index in [1.165, 1.54) is 6.20 Å². The van der Waals surface area contributed by atoms with Gasteiger partial charge in [-0.3, -0.25) is 4.79 Å². The molecule has 0 spiro atoms. The van der Waals surface area contributed by atoms with Gasteiger partial charge in [-0.1, -0.05) is 6.08 Å². The van der Waals surface area contributed by atoms with E-state index in [-0.39, 0.29) is 17.4 Å². The molecule has 172 valence electrons. The molecule has 1 heterocycles. The predicted octanol–water partition coefficient (Wildman–Crippen LogP) is 3.11. The van der Waals surface area contributed by atoms with E-state index in [1.807, 2.05) is 6.08 Å². The van der Waals surface area contributed by atoms with Crippen molar-refractivity contribution in [2.45, 2.75) is 75.8 Å². The Labute approximate surface area is 178 Å². The summed E-state index contributed by atoms with van der Waals surface area (Å²) in [6.45, 7) is -1.23. The van der Waals surface area contributed by atoms with E-state index in [2.05, 4.69) is 20.6 Å².